The standard InChI is InChI=1S/C46H54N8O4/c1-26(2)35-19-28(21-47-23-35)22-50-44(55)40-34-17-16-33(20-34)39(40)43-49-25-37(52-43)32-14-10-30(11-15-32)29-8-12-31(13-9-29)36-24-48-42(51-36)38-7-6-18-54(38)45(56)41(27(3)4)53-46(57)58-5/h8-15,19,21,23-27,33-34,38-41H,6-7,16-18,20,22H2,1-5H3,(H,48,51)(H,49,52)(H,50,55)(H,53,57)/t33?,34?,38-,39?,40?,41-/m0/s1. The van der Waals surface area contributed by atoms with Gasteiger partial charge in [0.15, 0.2) is 0 Å². The van der Waals surface area contributed by atoms with Crippen LogP contribution >= 0.6 is 0 Å². The molecule has 2 aliphatic carbocycles. The highest BCUT2D eigenvalue weighted by Crippen LogP contribution is 2.56. The summed E-state index contributed by atoms with van der Waals surface area (Å²) in [6.07, 6.45) is 11.8. The normalized spacial score (nSPS) is 21.8. The van der Waals surface area contributed by atoms with Crippen LogP contribution in [0.1, 0.15) is 100 Å². The average Bonchev–Trinajstić information content (AvgIpc) is 4.10. The Kier molecular flexibility index (Phi) is 11.2. The molecule has 2 bridgehead atoms. The van der Waals surface area contributed by atoms with E-state index in [9.17, 15) is 14.4 Å². The molecular weight excluding hydrogens is 729 g/mol. The van der Waals surface area contributed by atoms with Crippen LogP contribution in [0.2, 0.25) is 0 Å². The van der Waals surface area contributed by atoms with Gasteiger partial charge in [0.2, 0.25) is 11.8 Å². The Bertz CT molecular complexity index is 2240. The van der Waals surface area contributed by atoms with Crippen LogP contribution in [-0.2, 0) is 20.9 Å². The highest BCUT2D eigenvalue weighted by Gasteiger charge is 2.52. The van der Waals surface area contributed by atoms with Gasteiger partial charge in [-0.3, -0.25) is 14.6 Å². The van der Waals surface area contributed by atoms with Crippen molar-refractivity contribution in [2.75, 3.05) is 13.7 Å². The van der Waals surface area contributed by atoms with E-state index >= 15 is 0 Å². The number of carbonyl (C=O) groups is 3. The Hall–Kier alpha value is -5.78. The minimum absolute atomic E-state index is 0.0846. The Morgan fingerprint density at radius 2 is 1.43 bits per heavy atom. The lowest BCUT2D eigenvalue weighted by Gasteiger charge is -2.30. The number of benzene rings is 2. The highest BCUT2D eigenvalue weighted by molar-refractivity contribution is 5.86. The summed E-state index contributed by atoms with van der Waals surface area (Å²) in [5, 5.41) is 5.95. The smallest absolute Gasteiger partial charge is 0.407 e. The number of amides is 3. The van der Waals surface area contributed by atoms with Crippen LogP contribution in [0.25, 0.3) is 33.6 Å². The molecular formula is C46H54N8O4. The summed E-state index contributed by atoms with van der Waals surface area (Å²) in [5.41, 5.74) is 8.27. The molecule has 1 aliphatic heterocycles. The number of hydrogen-bond acceptors (Lipinski definition) is 7. The summed E-state index contributed by atoms with van der Waals surface area (Å²) in [6.45, 7) is 9.21. The number of methoxy groups -OCH3 is 1. The van der Waals surface area contributed by atoms with Crippen LogP contribution in [0.4, 0.5) is 4.79 Å². The molecule has 4 heterocycles. The van der Waals surface area contributed by atoms with Gasteiger partial charge in [-0.25, -0.2) is 14.8 Å². The number of imidazole rings is 2. The van der Waals surface area contributed by atoms with Crippen LogP contribution in [0, 0.1) is 23.7 Å². The fourth-order valence-corrected chi connectivity index (χ4v) is 9.47. The summed E-state index contributed by atoms with van der Waals surface area (Å²) in [6, 6.07) is 18.1. The molecule has 6 atom stereocenters. The number of aromatic nitrogens is 5. The number of pyridine rings is 1. The Morgan fingerprint density at radius 3 is 2.07 bits per heavy atom. The predicted octanol–water partition coefficient (Wildman–Crippen LogP) is 8.14. The van der Waals surface area contributed by atoms with Gasteiger partial charge in [0.25, 0.3) is 0 Å². The van der Waals surface area contributed by atoms with Gasteiger partial charge >= 0.3 is 6.09 Å². The van der Waals surface area contributed by atoms with E-state index < -0.39 is 12.1 Å². The first-order chi connectivity index (χ1) is 28.1. The zero-order chi connectivity index (χ0) is 40.5. The lowest BCUT2D eigenvalue weighted by atomic mass is 9.78. The van der Waals surface area contributed by atoms with Crippen LogP contribution in [0.15, 0.2) is 79.4 Å². The topological polar surface area (TPSA) is 158 Å². The minimum atomic E-state index is -0.678. The maximum Gasteiger partial charge on any atom is 0.407 e. The first-order valence-electron chi connectivity index (χ1n) is 20.8. The van der Waals surface area contributed by atoms with Crippen LogP contribution < -0.4 is 10.6 Å². The second kappa shape index (κ2) is 16.6. The van der Waals surface area contributed by atoms with E-state index in [4.69, 9.17) is 14.7 Å². The van der Waals surface area contributed by atoms with Crippen molar-refractivity contribution in [1.29, 1.82) is 0 Å². The summed E-state index contributed by atoms with van der Waals surface area (Å²) >= 11 is 0. The van der Waals surface area contributed by atoms with E-state index in [0.29, 0.717) is 30.8 Å². The Balaban J connectivity index is 0.911. The van der Waals surface area contributed by atoms with Gasteiger partial charge in [0, 0.05) is 31.4 Å². The van der Waals surface area contributed by atoms with Crippen LogP contribution in [0.5, 0.6) is 0 Å². The highest BCUT2D eigenvalue weighted by atomic mass is 16.5. The molecule has 0 spiro atoms. The van der Waals surface area contributed by atoms with Crippen molar-refractivity contribution >= 4 is 17.9 Å². The van der Waals surface area contributed by atoms with Gasteiger partial charge in [-0.15, -0.1) is 0 Å². The number of alkyl carbamates (subject to hydrolysis) is 1. The molecule has 3 aromatic heterocycles. The molecule has 2 saturated carbocycles. The Morgan fingerprint density at radius 1 is 0.810 bits per heavy atom. The molecule has 12 nitrogen and oxygen atoms in total. The molecule has 4 unspecified atom stereocenters. The number of rotatable bonds is 12. The fraction of sp³-hybridized carbons (Fsp3) is 0.435. The van der Waals surface area contributed by atoms with E-state index in [1.165, 1.54) is 12.7 Å². The number of carbonyl (C=O) groups excluding carboxylic acids is 3. The number of hydrogen-bond donors (Lipinski definition) is 4. The molecule has 3 aliphatic rings. The van der Waals surface area contributed by atoms with Crippen LogP contribution in [-0.4, -0.2) is 67.4 Å². The van der Waals surface area contributed by atoms with Crippen LogP contribution in [0.3, 0.4) is 0 Å². The second-order valence-corrected chi connectivity index (χ2v) is 17.0. The maximum absolute atomic E-state index is 13.7. The van der Waals surface area contributed by atoms with Gasteiger partial charge in [-0.1, -0.05) is 82.3 Å². The van der Waals surface area contributed by atoms with Crippen molar-refractivity contribution in [1.82, 2.24) is 40.5 Å². The van der Waals surface area contributed by atoms with Crippen molar-refractivity contribution in [2.45, 2.75) is 90.3 Å². The van der Waals surface area contributed by atoms with E-state index in [1.54, 1.807) is 0 Å². The molecule has 12 heteroatoms. The van der Waals surface area contributed by atoms with E-state index in [-0.39, 0.29) is 35.6 Å². The quantitative estimate of drug-likeness (QED) is 0.0995. The molecule has 0 radical (unpaired) electrons. The summed E-state index contributed by atoms with van der Waals surface area (Å²) in [5.74, 6) is 2.78. The lowest BCUT2D eigenvalue weighted by molar-refractivity contribution is -0.135. The third-order valence-electron chi connectivity index (χ3n) is 12.6. The lowest BCUT2D eigenvalue weighted by Crippen LogP contribution is -2.51. The molecule has 3 fully saturated rings. The average molecular weight is 783 g/mol. The van der Waals surface area contributed by atoms with E-state index in [2.05, 4.69) is 94.0 Å². The number of likely N-dealkylation sites (tertiary alicyclic amines) is 1. The van der Waals surface area contributed by atoms with Crippen molar-refractivity contribution in [3.63, 3.8) is 0 Å². The number of nitrogens with one attached hydrogen (secondary N) is 4. The minimum Gasteiger partial charge on any atom is -0.453 e. The van der Waals surface area contributed by atoms with Crippen molar-refractivity contribution in [3.05, 3.63) is 102 Å². The number of ether oxygens (including phenoxy) is 1. The third kappa shape index (κ3) is 7.88. The molecule has 5 aromatic rings. The molecule has 302 valence electrons. The van der Waals surface area contributed by atoms with Crippen molar-refractivity contribution in [3.8, 4) is 33.6 Å². The van der Waals surface area contributed by atoms with Gasteiger partial charge < -0.3 is 30.2 Å². The van der Waals surface area contributed by atoms with Crippen molar-refractivity contribution < 1.29 is 19.1 Å². The summed E-state index contributed by atoms with van der Waals surface area (Å²) < 4.78 is 4.77. The summed E-state index contributed by atoms with van der Waals surface area (Å²) in [4.78, 5) is 62.1. The largest absolute Gasteiger partial charge is 0.453 e. The zero-order valence-corrected chi connectivity index (χ0v) is 34.0. The number of H-pyrrole nitrogens is 2. The fourth-order valence-electron chi connectivity index (χ4n) is 9.47. The predicted molar refractivity (Wildman–Crippen MR) is 222 cm³/mol. The summed E-state index contributed by atoms with van der Waals surface area (Å²) in [7, 11) is 1.30. The van der Waals surface area contributed by atoms with Gasteiger partial charge in [0.05, 0.1) is 42.9 Å². The monoisotopic (exact) mass is 782 g/mol. The molecule has 4 N–H and O–H groups in total. The molecule has 2 aromatic carbocycles. The molecule has 58 heavy (non-hydrogen) atoms. The van der Waals surface area contributed by atoms with Gasteiger partial charge in [-0.05, 0) is 89.2 Å². The van der Waals surface area contributed by atoms with Gasteiger partial charge in [0.1, 0.15) is 17.7 Å². The van der Waals surface area contributed by atoms with Gasteiger partial charge in [-0.2, -0.15) is 0 Å². The SMILES string of the molecule is COC(=O)N[C@H](C(=O)N1CCC[C@H]1c1ncc(-c2ccc(-c3ccc(-c4cnc(C5C6CCC(C6)C5C(=O)NCc5cncc(C(C)C)c5)[nH]4)cc3)cc2)[nH]1)C(C)C. The number of fused-ring (bicyclic) bond motifs is 2. The van der Waals surface area contributed by atoms with E-state index in [1.807, 2.05) is 43.5 Å². The van der Waals surface area contributed by atoms with E-state index in [0.717, 1.165) is 83.0 Å². The maximum atomic E-state index is 13.7. The molecule has 1 saturated heterocycles. The zero-order valence-electron chi connectivity index (χ0n) is 34.0. The molecule has 3 amide bonds. The van der Waals surface area contributed by atoms with Crippen molar-refractivity contribution in [2.24, 2.45) is 23.7 Å². The first kappa shape index (κ1) is 39.1. The second-order valence-electron chi connectivity index (χ2n) is 17.0. The number of aromatic amines is 2. The Labute approximate surface area is 340 Å². The molecule has 8 rings (SSSR count). The number of nitrogens with zero attached hydrogens (tertiary/aromatic N) is 4. The third-order valence-corrected chi connectivity index (χ3v) is 12.6. The first-order valence-corrected chi connectivity index (χ1v) is 20.8.